The molecule has 3 fully saturated rings. The van der Waals surface area contributed by atoms with Crippen molar-refractivity contribution in [3.8, 4) is 0 Å². The first-order valence-corrected chi connectivity index (χ1v) is 14.9. The number of carbonyl (C=O) groups is 2. The van der Waals surface area contributed by atoms with E-state index < -0.39 is 36.5 Å². The molecule has 218 valence electrons. The fourth-order valence-electron chi connectivity index (χ4n) is 7.09. The molecular weight excluding hydrogens is 546 g/mol. The average molecular weight is 582 g/mol. The van der Waals surface area contributed by atoms with E-state index in [0.29, 0.717) is 23.4 Å². The third-order valence-corrected chi connectivity index (χ3v) is 8.99. The lowest BCUT2D eigenvalue weighted by atomic mass is 9.72. The molecule has 1 aromatic carbocycles. The van der Waals surface area contributed by atoms with Crippen LogP contribution in [0.15, 0.2) is 36.7 Å². The predicted molar refractivity (Wildman–Crippen MR) is 152 cm³/mol. The van der Waals surface area contributed by atoms with Crippen LogP contribution in [-0.4, -0.2) is 56.3 Å². The van der Waals surface area contributed by atoms with Crippen molar-refractivity contribution in [3.63, 3.8) is 0 Å². The largest absolute Gasteiger partial charge is 0.456 e. The number of carbonyl (C=O) groups excluding carboxylic acids is 2. The van der Waals surface area contributed by atoms with Crippen molar-refractivity contribution < 1.29 is 23.8 Å². The van der Waals surface area contributed by atoms with Crippen molar-refractivity contribution >= 4 is 40.5 Å². The van der Waals surface area contributed by atoms with Crippen molar-refractivity contribution in [2.45, 2.75) is 96.3 Å². The van der Waals surface area contributed by atoms with Gasteiger partial charge in [0.25, 0.3) is 0 Å². The van der Waals surface area contributed by atoms with Gasteiger partial charge in [0.2, 0.25) is 5.28 Å². The zero-order valence-electron chi connectivity index (χ0n) is 23.7. The summed E-state index contributed by atoms with van der Waals surface area (Å²) in [5.74, 6) is -0.299. The van der Waals surface area contributed by atoms with Crippen molar-refractivity contribution in [3.05, 3.63) is 47.5 Å². The van der Waals surface area contributed by atoms with Gasteiger partial charge in [0.05, 0.1) is 12.4 Å². The maximum Gasteiger partial charge on any atom is 0.303 e. The Hall–Kier alpha value is -3.24. The summed E-state index contributed by atoms with van der Waals surface area (Å²) in [6.45, 7) is 5.44. The molecule has 10 nitrogen and oxygen atoms in total. The lowest BCUT2D eigenvalue weighted by molar-refractivity contribution is -0.165. The zero-order valence-corrected chi connectivity index (χ0v) is 24.4. The van der Waals surface area contributed by atoms with Gasteiger partial charge in [-0.2, -0.15) is 9.97 Å². The number of esters is 2. The quantitative estimate of drug-likeness (QED) is 0.273. The Kier molecular flexibility index (Phi) is 7.63. The molecule has 0 bridgehead atoms. The molecule has 41 heavy (non-hydrogen) atoms. The number of nitrogens with zero attached hydrogens (tertiary/aromatic N) is 5. The highest BCUT2D eigenvalue weighted by Gasteiger charge is 2.50. The molecule has 2 aromatic heterocycles. The summed E-state index contributed by atoms with van der Waals surface area (Å²) in [5, 5.41) is 0.0938. The van der Waals surface area contributed by atoms with Gasteiger partial charge in [-0.05, 0) is 48.3 Å². The summed E-state index contributed by atoms with van der Waals surface area (Å²) in [6.07, 6.45) is 6.41. The minimum atomic E-state index is -0.884. The molecule has 0 N–H and O–H groups in total. The minimum absolute atomic E-state index is 0.0938. The number of hydrogen-bond donors (Lipinski definition) is 0. The number of halogens is 1. The van der Waals surface area contributed by atoms with Gasteiger partial charge in [-0.1, -0.05) is 56.5 Å². The fourth-order valence-corrected chi connectivity index (χ4v) is 7.25. The second-order valence-electron chi connectivity index (χ2n) is 11.6. The van der Waals surface area contributed by atoms with E-state index in [1.54, 1.807) is 10.9 Å². The Morgan fingerprint density at radius 1 is 1.05 bits per heavy atom. The van der Waals surface area contributed by atoms with Crippen LogP contribution in [-0.2, 0) is 23.8 Å². The molecule has 11 heteroatoms. The van der Waals surface area contributed by atoms with Crippen molar-refractivity contribution in [1.29, 1.82) is 0 Å². The van der Waals surface area contributed by atoms with E-state index in [4.69, 9.17) is 35.8 Å². The molecule has 5 atom stereocenters. The molecule has 0 amide bonds. The lowest BCUT2D eigenvalue weighted by Gasteiger charge is -2.33. The van der Waals surface area contributed by atoms with E-state index in [0.717, 1.165) is 13.0 Å². The number of anilines is 1. The molecule has 1 saturated carbocycles. The Morgan fingerprint density at radius 3 is 2.44 bits per heavy atom. The average Bonchev–Trinajstić information content (AvgIpc) is 3.63. The van der Waals surface area contributed by atoms with Crippen LogP contribution in [0.25, 0.3) is 11.2 Å². The smallest absolute Gasteiger partial charge is 0.303 e. The van der Waals surface area contributed by atoms with Crippen LogP contribution in [0.5, 0.6) is 0 Å². The van der Waals surface area contributed by atoms with Crippen LogP contribution in [0.1, 0.15) is 83.6 Å². The normalized spacial score (nSPS) is 27.4. The molecule has 0 radical (unpaired) electrons. The molecule has 3 aromatic rings. The summed E-state index contributed by atoms with van der Waals surface area (Å²) < 4.78 is 19.3. The van der Waals surface area contributed by atoms with Crippen molar-refractivity contribution in [2.75, 3.05) is 11.4 Å². The van der Waals surface area contributed by atoms with Gasteiger partial charge in [0.15, 0.2) is 35.4 Å². The summed E-state index contributed by atoms with van der Waals surface area (Å²) in [7, 11) is 0. The summed E-state index contributed by atoms with van der Waals surface area (Å²) >= 11 is 6.60. The van der Waals surface area contributed by atoms with Gasteiger partial charge in [-0.25, -0.2) is 4.98 Å². The Labute approximate surface area is 244 Å². The van der Waals surface area contributed by atoms with E-state index in [-0.39, 0.29) is 16.7 Å². The standard InChI is InChI=1S/C30H36ClN5O5/c1-4-22-24(39-18(2)37)25(40-19(3)38)28(41-22)36-17-32-23-26(33-29(31)34-27(23)36)35-16-30(13-9-6-10-14-30)15-21(35)20-11-7-5-8-12-20/h5,7-8,11-12,17,21-22,24-25,28H,4,6,9-10,13-16H2,1-3H3/t21?,22-,24+,25?,28-/m1/s1. The van der Waals surface area contributed by atoms with Gasteiger partial charge in [0, 0.05) is 20.4 Å². The number of ether oxygens (including phenoxy) is 3. The van der Waals surface area contributed by atoms with Gasteiger partial charge in [-0.3, -0.25) is 14.2 Å². The first-order chi connectivity index (χ1) is 19.8. The first kappa shape index (κ1) is 27.9. The van der Waals surface area contributed by atoms with E-state index >= 15 is 0 Å². The van der Waals surface area contributed by atoms with E-state index in [1.165, 1.54) is 51.5 Å². The molecular formula is C30H36ClN5O5. The topological polar surface area (TPSA) is 109 Å². The molecule has 2 aliphatic heterocycles. The number of hydrogen-bond acceptors (Lipinski definition) is 9. The van der Waals surface area contributed by atoms with E-state index in [1.807, 2.05) is 13.0 Å². The zero-order chi connectivity index (χ0) is 28.7. The third kappa shape index (κ3) is 5.28. The molecule has 2 unspecified atom stereocenters. The molecule has 6 rings (SSSR count). The molecule has 2 saturated heterocycles. The van der Waals surface area contributed by atoms with E-state index in [2.05, 4.69) is 34.1 Å². The fraction of sp³-hybridized carbons (Fsp3) is 0.567. The van der Waals surface area contributed by atoms with Crippen molar-refractivity contribution in [2.24, 2.45) is 5.41 Å². The monoisotopic (exact) mass is 581 g/mol. The number of aromatic nitrogens is 4. The third-order valence-electron chi connectivity index (χ3n) is 8.82. The first-order valence-electron chi connectivity index (χ1n) is 14.5. The number of benzene rings is 1. The van der Waals surface area contributed by atoms with Gasteiger partial charge < -0.3 is 19.1 Å². The maximum absolute atomic E-state index is 12.1. The highest BCUT2D eigenvalue weighted by atomic mass is 35.5. The summed E-state index contributed by atoms with van der Waals surface area (Å²) in [4.78, 5) is 40.5. The Bertz CT molecular complexity index is 1430. The highest BCUT2D eigenvalue weighted by molar-refractivity contribution is 6.28. The number of fused-ring (bicyclic) bond motifs is 1. The van der Waals surface area contributed by atoms with Crippen LogP contribution >= 0.6 is 11.6 Å². The second-order valence-corrected chi connectivity index (χ2v) is 11.9. The summed E-state index contributed by atoms with van der Waals surface area (Å²) in [5.41, 5.74) is 2.52. The highest BCUT2D eigenvalue weighted by Crippen LogP contribution is 2.53. The predicted octanol–water partition coefficient (Wildman–Crippen LogP) is 5.55. The van der Waals surface area contributed by atoms with Gasteiger partial charge in [0.1, 0.15) is 6.10 Å². The van der Waals surface area contributed by atoms with Crippen LogP contribution < -0.4 is 4.90 Å². The molecule has 1 spiro atoms. The minimum Gasteiger partial charge on any atom is -0.456 e. The molecule has 3 aliphatic rings. The van der Waals surface area contributed by atoms with Crippen LogP contribution in [0.4, 0.5) is 5.82 Å². The summed E-state index contributed by atoms with van der Waals surface area (Å²) in [6, 6.07) is 10.7. The van der Waals surface area contributed by atoms with Gasteiger partial charge >= 0.3 is 11.9 Å². The number of rotatable bonds is 6. The molecule has 1 aliphatic carbocycles. The van der Waals surface area contributed by atoms with Crippen LogP contribution in [0.3, 0.4) is 0 Å². The number of imidazole rings is 1. The lowest BCUT2D eigenvalue weighted by Crippen LogP contribution is -2.38. The van der Waals surface area contributed by atoms with Crippen molar-refractivity contribution in [1.82, 2.24) is 19.5 Å². The Balaban J connectivity index is 1.43. The second kappa shape index (κ2) is 11.2. The Morgan fingerprint density at radius 2 is 1.76 bits per heavy atom. The SMILES string of the molecule is CC[C@H]1O[C@@H](n2cnc3c(N4CC5(CCCCC5)CC4c4ccccc4)nc(Cl)nc32)C(OC(C)=O)[C@H]1OC(C)=O. The van der Waals surface area contributed by atoms with Crippen LogP contribution in [0.2, 0.25) is 5.28 Å². The van der Waals surface area contributed by atoms with Crippen LogP contribution in [0, 0.1) is 5.41 Å². The molecule has 4 heterocycles. The van der Waals surface area contributed by atoms with Gasteiger partial charge in [-0.15, -0.1) is 0 Å². The van der Waals surface area contributed by atoms with E-state index in [9.17, 15) is 9.59 Å². The maximum atomic E-state index is 12.1.